The highest BCUT2D eigenvalue weighted by atomic mass is 32.2. The van der Waals surface area contributed by atoms with Crippen molar-refractivity contribution >= 4 is 9.84 Å². The van der Waals surface area contributed by atoms with E-state index in [1.165, 1.54) is 25.5 Å². The SMILES string of the molecule is CN(CCS(C)(=O)=O)C1CCC1. The van der Waals surface area contributed by atoms with E-state index in [-0.39, 0.29) is 0 Å². The fourth-order valence-corrected chi connectivity index (χ4v) is 1.94. The average molecular weight is 191 g/mol. The molecule has 0 unspecified atom stereocenters. The van der Waals surface area contributed by atoms with Crippen LogP contribution >= 0.6 is 0 Å². The molecule has 1 aliphatic rings. The van der Waals surface area contributed by atoms with Crippen LogP contribution in [-0.2, 0) is 9.84 Å². The Kier molecular flexibility index (Phi) is 3.12. The first-order valence-electron chi connectivity index (χ1n) is 4.37. The van der Waals surface area contributed by atoms with Gasteiger partial charge in [-0.2, -0.15) is 0 Å². The topological polar surface area (TPSA) is 37.4 Å². The van der Waals surface area contributed by atoms with Gasteiger partial charge < -0.3 is 4.90 Å². The first-order valence-corrected chi connectivity index (χ1v) is 6.43. The zero-order chi connectivity index (χ0) is 9.19. The summed E-state index contributed by atoms with van der Waals surface area (Å²) >= 11 is 0. The van der Waals surface area contributed by atoms with E-state index >= 15 is 0 Å². The summed E-state index contributed by atoms with van der Waals surface area (Å²) in [6.07, 6.45) is 5.07. The Balaban J connectivity index is 2.22. The molecule has 0 spiro atoms. The molecule has 0 aromatic rings. The molecule has 12 heavy (non-hydrogen) atoms. The molecule has 0 aromatic carbocycles. The van der Waals surface area contributed by atoms with Crippen LogP contribution in [0.4, 0.5) is 0 Å². The van der Waals surface area contributed by atoms with E-state index in [0.29, 0.717) is 18.3 Å². The van der Waals surface area contributed by atoms with Crippen LogP contribution in [0.3, 0.4) is 0 Å². The summed E-state index contributed by atoms with van der Waals surface area (Å²) < 4.78 is 21.7. The second-order valence-electron chi connectivity index (χ2n) is 3.70. The van der Waals surface area contributed by atoms with Crippen LogP contribution in [0.2, 0.25) is 0 Å². The summed E-state index contributed by atoms with van der Waals surface area (Å²) in [5, 5.41) is 0. The van der Waals surface area contributed by atoms with Gasteiger partial charge in [0.1, 0.15) is 9.84 Å². The third-order valence-electron chi connectivity index (χ3n) is 2.51. The first-order chi connectivity index (χ1) is 5.49. The van der Waals surface area contributed by atoms with Crippen LogP contribution in [0.25, 0.3) is 0 Å². The lowest BCUT2D eigenvalue weighted by Crippen LogP contribution is -2.39. The van der Waals surface area contributed by atoms with Crippen molar-refractivity contribution in [2.45, 2.75) is 25.3 Å². The molecule has 0 heterocycles. The number of rotatable bonds is 4. The Bertz CT molecular complexity index is 231. The standard InChI is InChI=1S/C8H17NO2S/c1-9(8-4-3-5-8)6-7-12(2,10)11/h8H,3-7H2,1-2H3. The van der Waals surface area contributed by atoms with Crippen LogP contribution < -0.4 is 0 Å². The summed E-state index contributed by atoms with van der Waals surface area (Å²) in [4.78, 5) is 2.16. The fraction of sp³-hybridized carbons (Fsp3) is 1.00. The highest BCUT2D eigenvalue weighted by Gasteiger charge is 2.22. The Morgan fingerprint density at radius 2 is 2.00 bits per heavy atom. The van der Waals surface area contributed by atoms with Gasteiger partial charge in [-0.1, -0.05) is 6.42 Å². The molecule has 4 heteroatoms. The molecule has 0 aliphatic heterocycles. The third kappa shape index (κ3) is 3.11. The number of nitrogens with zero attached hydrogens (tertiary/aromatic N) is 1. The van der Waals surface area contributed by atoms with Crippen molar-refractivity contribution in [1.29, 1.82) is 0 Å². The highest BCUT2D eigenvalue weighted by Crippen LogP contribution is 2.23. The van der Waals surface area contributed by atoms with Crippen molar-refractivity contribution in [3.8, 4) is 0 Å². The number of sulfone groups is 1. The van der Waals surface area contributed by atoms with Gasteiger partial charge >= 0.3 is 0 Å². The van der Waals surface area contributed by atoms with Crippen molar-refractivity contribution in [3.63, 3.8) is 0 Å². The fourth-order valence-electron chi connectivity index (χ4n) is 1.32. The molecule has 0 radical (unpaired) electrons. The third-order valence-corrected chi connectivity index (χ3v) is 3.44. The second kappa shape index (κ2) is 3.75. The smallest absolute Gasteiger partial charge is 0.148 e. The lowest BCUT2D eigenvalue weighted by Gasteiger charge is -2.34. The van der Waals surface area contributed by atoms with Gasteiger partial charge in [-0.3, -0.25) is 0 Å². The van der Waals surface area contributed by atoms with Crippen LogP contribution in [0.15, 0.2) is 0 Å². The predicted octanol–water partition coefficient (Wildman–Crippen LogP) is 0.515. The quantitative estimate of drug-likeness (QED) is 0.650. The van der Waals surface area contributed by atoms with Crippen LogP contribution in [0.5, 0.6) is 0 Å². The van der Waals surface area contributed by atoms with Gasteiger partial charge in [0, 0.05) is 18.8 Å². The molecule has 1 fully saturated rings. The van der Waals surface area contributed by atoms with Gasteiger partial charge in [0.2, 0.25) is 0 Å². The summed E-state index contributed by atoms with van der Waals surface area (Å²) in [6.45, 7) is 0.684. The molecular formula is C8H17NO2S. The zero-order valence-corrected chi connectivity index (χ0v) is 8.60. The number of hydrogen-bond donors (Lipinski definition) is 0. The molecule has 1 saturated carbocycles. The summed E-state index contributed by atoms with van der Waals surface area (Å²) in [5.74, 6) is 0.292. The Hall–Kier alpha value is -0.0900. The summed E-state index contributed by atoms with van der Waals surface area (Å²) in [5.41, 5.74) is 0. The summed E-state index contributed by atoms with van der Waals surface area (Å²) in [6, 6.07) is 0.645. The van der Waals surface area contributed by atoms with E-state index in [0.717, 1.165) is 0 Å². The Labute approximate surface area is 74.7 Å². The van der Waals surface area contributed by atoms with E-state index in [4.69, 9.17) is 0 Å². The van der Waals surface area contributed by atoms with Gasteiger partial charge in [-0.15, -0.1) is 0 Å². The van der Waals surface area contributed by atoms with Crippen molar-refractivity contribution in [2.75, 3.05) is 25.6 Å². The molecule has 0 bridgehead atoms. The average Bonchev–Trinajstić information content (AvgIpc) is 1.78. The normalized spacial score (nSPS) is 19.6. The summed E-state index contributed by atoms with van der Waals surface area (Å²) in [7, 11) is -0.770. The maximum Gasteiger partial charge on any atom is 0.148 e. The molecule has 3 nitrogen and oxygen atoms in total. The van der Waals surface area contributed by atoms with Gasteiger partial charge in [0.15, 0.2) is 0 Å². The molecule has 1 aliphatic carbocycles. The zero-order valence-electron chi connectivity index (χ0n) is 7.78. The van der Waals surface area contributed by atoms with Crippen LogP contribution in [0, 0.1) is 0 Å². The van der Waals surface area contributed by atoms with E-state index in [9.17, 15) is 8.42 Å². The van der Waals surface area contributed by atoms with Crippen molar-refractivity contribution < 1.29 is 8.42 Å². The maximum atomic E-state index is 10.8. The molecule has 0 saturated heterocycles. The van der Waals surface area contributed by atoms with Gasteiger partial charge in [-0.05, 0) is 19.9 Å². The van der Waals surface area contributed by atoms with Gasteiger partial charge in [0.25, 0.3) is 0 Å². The molecule has 72 valence electrons. The first kappa shape index (κ1) is 9.99. The predicted molar refractivity (Wildman–Crippen MR) is 50.0 cm³/mol. The monoisotopic (exact) mass is 191 g/mol. The van der Waals surface area contributed by atoms with E-state index in [2.05, 4.69) is 4.90 Å². The van der Waals surface area contributed by atoms with Gasteiger partial charge in [0.05, 0.1) is 5.75 Å². The van der Waals surface area contributed by atoms with E-state index in [1.54, 1.807) is 0 Å². The van der Waals surface area contributed by atoms with Crippen molar-refractivity contribution in [3.05, 3.63) is 0 Å². The molecule has 0 atom stereocenters. The van der Waals surface area contributed by atoms with Gasteiger partial charge in [-0.25, -0.2) is 8.42 Å². The van der Waals surface area contributed by atoms with Crippen LogP contribution in [0.1, 0.15) is 19.3 Å². The highest BCUT2D eigenvalue weighted by molar-refractivity contribution is 7.90. The minimum Gasteiger partial charge on any atom is -0.302 e. The van der Waals surface area contributed by atoms with E-state index in [1.807, 2.05) is 7.05 Å². The molecule has 1 rings (SSSR count). The molecule has 0 N–H and O–H groups in total. The number of hydrogen-bond acceptors (Lipinski definition) is 3. The minimum atomic E-state index is -2.78. The maximum absolute atomic E-state index is 10.8. The lowest BCUT2D eigenvalue weighted by molar-refractivity contribution is 0.168. The molecular weight excluding hydrogens is 174 g/mol. The van der Waals surface area contributed by atoms with Crippen molar-refractivity contribution in [2.24, 2.45) is 0 Å². The van der Waals surface area contributed by atoms with Crippen molar-refractivity contribution in [1.82, 2.24) is 4.90 Å². The van der Waals surface area contributed by atoms with Crippen LogP contribution in [-0.4, -0.2) is 45.0 Å². The Morgan fingerprint density at radius 1 is 1.42 bits per heavy atom. The minimum absolute atomic E-state index is 0.292. The molecule has 0 amide bonds. The molecule has 0 aromatic heterocycles. The lowest BCUT2D eigenvalue weighted by atomic mass is 9.92. The van der Waals surface area contributed by atoms with E-state index < -0.39 is 9.84 Å². The second-order valence-corrected chi connectivity index (χ2v) is 5.95. The largest absolute Gasteiger partial charge is 0.302 e. The Morgan fingerprint density at radius 3 is 2.33 bits per heavy atom.